The highest BCUT2D eigenvalue weighted by molar-refractivity contribution is 14.1. The Morgan fingerprint density at radius 1 is 1.42 bits per heavy atom. The fourth-order valence-electron chi connectivity index (χ4n) is 0.714. The summed E-state index contributed by atoms with van der Waals surface area (Å²) >= 11 is 4.08. The summed E-state index contributed by atoms with van der Waals surface area (Å²) in [6.45, 7) is -0.927. The second-order valence-electron chi connectivity index (χ2n) is 1.96. The molecule has 0 spiro atoms. The first-order valence-corrected chi connectivity index (χ1v) is 5.18. The molecule has 0 aromatic heterocycles. The molecule has 1 aromatic rings. The summed E-state index contributed by atoms with van der Waals surface area (Å²) in [7, 11) is 0. The summed E-state index contributed by atoms with van der Waals surface area (Å²) in [5.41, 5.74) is 0. The van der Waals surface area contributed by atoms with Gasteiger partial charge in [0.25, 0.3) is 0 Å². The Bertz CT molecular complexity index is 291. The summed E-state index contributed by atoms with van der Waals surface area (Å²) in [4.78, 5) is 0. The number of ether oxygens (including phenoxy) is 1. The molecule has 0 saturated carbocycles. The van der Waals surface area contributed by atoms with Crippen LogP contribution in [0.25, 0.3) is 0 Å². The second-order valence-corrected chi connectivity index (χ2v) is 4.20. The van der Waals surface area contributed by atoms with Gasteiger partial charge in [-0.25, -0.2) is 4.39 Å². The highest BCUT2D eigenvalue weighted by atomic mass is 127. The fraction of sp³-hybridized carbons (Fsp3) is 0.143. The topological polar surface area (TPSA) is 29.5 Å². The number of alkyl halides is 1. The SMILES string of the molecule is Oc1ccc(I)c(I)c1OCF. The molecule has 0 fully saturated rings. The number of hydrogen-bond acceptors (Lipinski definition) is 2. The molecular weight excluding hydrogens is 389 g/mol. The molecule has 1 N–H and O–H groups in total. The van der Waals surface area contributed by atoms with E-state index in [4.69, 9.17) is 0 Å². The van der Waals surface area contributed by atoms with E-state index < -0.39 is 6.86 Å². The van der Waals surface area contributed by atoms with Crippen molar-refractivity contribution in [3.8, 4) is 11.5 Å². The molecule has 2 nitrogen and oxygen atoms in total. The smallest absolute Gasteiger partial charge is 0.228 e. The Hall–Kier alpha value is 0.210. The monoisotopic (exact) mass is 394 g/mol. The molecule has 0 aliphatic carbocycles. The Kier molecular flexibility index (Phi) is 3.81. The van der Waals surface area contributed by atoms with Crippen LogP contribution in [0.15, 0.2) is 12.1 Å². The molecule has 0 bridgehead atoms. The van der Waals surface area contributed by atoms with Gasteiger partial charge in [0.2, 0.25) is 6.86 Å². The molecule has 0 unspecified atom stereocenters. The highest BCUT2D eigenvalue weighted by Crippen LogP contribution is 2.34. The zero-order valence-electron chi connectivity index (χ0n) is 5.85. The van der Waals surface area contributed by atoms with Crippen molar-refractivity contribution >= 4 is 45.2 Å². The van der Waals surface area contributed by atoms with E-state index in [2.05, 4.69) is 27.3 Å². The number of hydrogen-bond donors (Lipinski definition) is 1. The van der Waals surface area contributed by atoms with Gasteiger partial charge in [-0.2, -0.15) is 0 Å². The molecule has 0 saturated heterocycles. The molecular formula is C7H5FI2O2. The number of benzene rings is 1. The van der Waals surface area contributed by atoms with E-state index in [0.717, 1.165) is 7.14 Å². The van der Waals surface area contributed by atoms with E-state index in [-0.39, 0.29) is 11.5 Å². The van der Waals surface area contributed by atoms with Crippen LogP contribution in [0.1, 0.15) is 0 Å². The molecule has 1 rings (SSSR count). The van der Waals surface area contributed by atoms with Crippen LogP contribution in [0.5, 0.6) is 11.5 Å². The lowest BCUT2D eigenvalue weighted by Crippen LogP contribution is -1.94. The van der Waals surface area contributed by atoms with Crippen LogP contribution >= 0.6 is 45.2 Å². The average Bonchev–Trinajstić information content (AvgIpc) is 2.06. The largest absolute Gasteiger partial charge is 0.504 e. The van der Waals surface area contributed by atoms with E-state index >= 15 is 0 Å². The maximum Gasteiger partial charge on any atom is 0.228 e. The number of halogens is 3. The third-order valence-electron chi connectivity index (χ3n) is 1.23. The van der Waals surface area contributed by atoms with Gasteiger partial charge < -0.3 is 9.84 Å². The molecule has 66 valence electrons. The van der Waals surface area contributed by atoms with Crippen molar-refractivity contribution in [2.24, 2.45) is 0 Å². The first-order chi connectivity index (χ1) is 5.66. The van der Waals surface area contributed by atoms with Crippen molar-refractivity contribution in [2.75, 3.05) is 6.86 Å². The number of aromatic hydroxyl groups is 1. The van der Waals surface area contributed by atoms with Gasteiger partial charge in [0.15, 0.2) is 11.5 Å². The first kappa shape index (κ1) is 10.3. The maximum atomic E-state index is 11.8. The number of phenols is 1. The number of phenolic OH excluding ortho intramolecular Hbond substituents is 1. The van der Waals surface area contributed by atoms with E-state index in [0.29, 0.717) is 0 Å². The van der Waals surface area contributed by atoms with Crippen molar-refractivity contribution in [3.63, 3.8) is 0 Å². The Balaban J connectivity index is 3.14. The van der Waals surface area contributed by atoms with E-state index in [1.54, 1.807) is 6.07 Å². The summed E-state index contributed by atoms with van der Waals surface area (Å²) in [5.74, 6) is 0.183. The lowest BCUT2D eigenvalue weighted by molar-refractivity contribution is 0.184. The van der Waals surface area contributed by atoms with Crippen LogP contribution < -0.4 is 4.74 Å². The Morgan fingerprint density at radius 3 is 2.67 bits per heavy atom. The summed E-state index contributed by atoms with van der Waals surface area (Å²) < 4.78 is 18.1. The van der Waals surface area contributed by atoms with Crippen LogP contribution in [-0.4, -0.2) is 12.0 Å². The van der Waals surface area contributed by atoms with Crippen LogP contribution in [-0.2, 0) is 0 Å². The Labute approximate surface area is 96.4 Å². The molecule has 0 aliphatic rings. The normalized spacial score (nSPS) is 9.92. The van der Waals surface area contributed by atoms with Gasteiger partial charge in [-0.3, -0.25) is 0 Å². The van der Waals surface area contributed by atoms with Crippen molar-refractivity contribution < 1.29 is 14.2 Å². The summed E-state index contributed by atoms with van der Waals surface area (Å²) in [5, 5.41) is 9.25. The lowest BCUT2D eigenvalue weighted by Gasteiger charge is -2.07. The van der Waals surface area contributed by atoms with Crippen molar-refractivity contribution in [1.82, 2.24) is 0 Å². The minimum Gasteiger partial charge on any atom is -0.504 e. The summed E-state index contributed by atoms with van der Waals surface area (Å²) in [6.07, 6.45) is 0. The van der Waals surface area contributed by atoms with Crippen molar-refractivity contribution in [1.29, 1.82) is 0 Å². The molecule has 5 heteroatoms. The van der Waals surface area contributed by atoms with Gasteiger partial charge in [-0.15, -0.1) is 0 Å². The predicted molar refractivity (Wildman–Crippen MR) is 60.1 cm³/mol. The molecule has 0 atom stereocenters. The predicted octanol–water partition coefficient (Wildman–Crippen LogP) is 2.91. The highest BCUT2D eigenvalue weighted by Gasteiger charge is 2.09. The molecule has 12 heavy (non-hydrogen) atoms. The third kappa shape index (κ3) is 2.12. The van der Waals surface area contributed by atoms with Gasteiger partial charge in [0.05, 0.1) is 3.57 Å². The lowest BCUT2D eigenvalue weighted by atomic mass is 10.3. The molecule has 1 aromatic carbocycles. The minimum atomic E-state index is -0.927. The molecule has 0 amide bonds. The van der Waals surface area contributed by atoms with Crippen LogP contribution in [0.2, 0.25) is 0 Å². The molecule has 0 heterocycles. The van der Waals surface area contributed by atoms with E-state index in [9.17, 15) is 9.50 Å². The first-order valence-electron chi connectivity index (χ1n) is 3.02. The zero-order chi connectivity index (χ0) is 9.14. The van der Waals surface area contributed by atoms with Gasteiger partial charge >= 0.3 is 0 Å². The zero-order valence-corrected chi connectivity index (χ0v) is 10.2. The van der Waals surface area contributed by atoms with Gasteiger partial charge in [0.1, 0.15) is 0 Å². The van der Waals surface area contributed by atoms with Crippen molar-refractivity contribution in [2.45, 2.75) is 0 Å². The van der Waals surface area contributed by atoms with Crippen LogP contribution in [0.4, 0.5) is 4.39 Å². The Morgan fingerprint density at radius 2 is 2.08 bits per heavy atom. The standard InChI is InChI=1S/C7H5FI2O2/c8-3-12-7-5(11)2-1-4(9)6(7)10/h1-2,11H,3H2. The van der Waals surface area contributed by atoms with Gasteiger partial charge in [-0.05, 0) is 57.3 Å². The average molecular weight is 394 g/mol. The number of rotatable bonds is 2. The second kappa shape index (κ2) is 4.45. The molecule has 0 radical (unpaired) electrons. The quantitative estimate of drug-likeness (QED) is 0.783. The van der Waals surface area contributed by atoms with Crippen LogP contribution in [0, 0.1) is 7.14 Å². The van der Waals surface area contributed by atoms with Crippen molar-refractivity contribution in [3.05, 3.63) is 19.3 Å². The minimum absolute atomic E-state index is 0.0301. The van der Waals surface area contributed by atoms with E-state index in [1.165, 1.54) is 6.07 Å². The van der Waals surface area contributed by atoms with Crippen LogP contribution in [0.3, 0.4) is 0 Å². The third-order valence-corrected chi connectivity index (χ3v) is 4.23. The van der Waals surface area contributed by atoms with Gasteiger partial charge in [-0.1, -0.05) is 0 Å². The van der Waals surface area contributed by atoms with E-state index in [1.807, 2.05) is 22.6 Å². The molecule has 0 aliphatic heterocycles. The fourth-order valence-corrected chi connectivity index (χ4v) is 1.75. The van der Waals surface area contributed by atoms with Gasteiger partial charge in [0, 0.05) is 3.57 Å². The maximum absolute atomic E-state index is 11.8. The summed E-state index contributed by atoms with van der Waals surface area (Å²) in [6, 6.07) is 3.22.